The van der Waals surface area contributed by atoms with Crippen molar-refractivity contribution in [2.45, 2.75) is 46.6 Å². The Morgan fingerprint density at radius 3 is 2.45 bits per heavy atom. The van der Waals surface area contributed by atoms with Crippen molar-refractivity contribution in [1.82, 2.24) is 0 Å². The fourth-order valence-electron chi connectivity index (χ4n) is 4.41. The molecule has 0 saturated carbocycles. The van der Waals surface area contributed by atoms with E-state index in [4.69, 9.17) is 21.3 Å². The van der Waals surface area contributed by atoms with E-state index in [2.05, 4.69) is 57.7 Å². The fraction of sp³-hybridized carbons (Fsp3) is 0.276. The summed E-state index contributed by atoms with van der Waals surface area (Å²) in [5, 5.41) is 0.590. The van der Waals surface area contributed by atoms with Gasteiger partial charge < -0.3 is 9.64 Å². The lowest BCUT2D eigenvalue weighted by atomic mass is 9.87. The van der Waals surface area contributed by atoms with E-state index >= 15 is 0 Å². The van der Waals surface area contributed by atoms with E-state index in [0.29, 0.717) is 10.8 Å². The minimum atomic E-state index is 0.0168. The monoisotopic (exact) mass is 458 g/mol. The number of nitrogens with zero attached hydrogens (tertiary/aromatic N) is 2. The van der Waals surface area contributed by atoms with Gasteiger partial charge in [-0.3, -0.25) is 4.99 Å². The van der Waals surface area contributed by atoms with Crippen molar-refractivity contribution in [2.75, 3.05) is 11.4 Å². The Morgan fingerprint density at radius 1 is 1.03 bits per heavy atom. The molecule has 0 unspecified atom stereocenters. The summed E-state index contributed by atoms with van der Waals surface area (Å²) in [6.07, 6.45) is 5.45. The van der Waals surface area contributed by atoms with Gasteiger partial charge in [-0.05, 0) is 99.3 Å². The van der Waals surface area contributed by atoms with Gasteiger partial charge in [-0.1, -0.05) is 36.7 Å². The standard InChI is InChI=1S/C29H31ClN2O/c1-6-15-32-27-16-20(2)22(17-25(27)21(3)18-29(32,4)5)19-31-23-11-13-24(14-12-23)33-28-10-8-7-9-26(28)30/h7-14,16-19H,6,15H2,1-5H3. The molecular formula is C29H31ClN2O. The van der Waals surface area contributed by atoms with Crippen LogP contribution in [-0.4, -0.2) is 18.3 Å². The molecule has 1 aliphatic heterocycles. The fourth-order valence-corrected chi connectivity index (χ4v) is 4.59. The van der Waals surface area contributed by atoms with E-state index < -0.39 is 0 Å². The Bertz CT molecular complexity index is 1210. The summed E-state index contributed by atoms with van der Waals surface area (Å²) in [6, 6.07) is 19.8. The number of ether oxygens (including phenoxy) is 1. The first-order valence-electron chi connectivity index (χ1n) is 11.5. The molecule has 0 fully saturated rings. The third-order valence-electron chi connectivity index (χ3n) is 6.07. The second kappa shape index (κ2) is 9.44. The molecule has 4 heteroatoms. The average molecular weight is 459 g/mol. The Morgan fingerprint density at radius 2 is 1.76 bits per heavy atom. The van der Waals surface area contributed by atoms with Crippen LogP contribution in [0.3, 0.4) is 0 Å². The van der Waals surface area contributed by atoms with E-state index in [1.165, 1.54) is 22.4 Å². The molecule has 0 saturated heterocycles. The largest absolute Gasteiger partial charge is 0.456 e. The van der Waals surface area contributed by atoms with Crippen LogP contribution >= 0.6 is 11.6 Å². The minimum absolute atomic E-state index is 0.0168. The van der Waals surface area contributed by atoms with Crippen LogP contribution in [0.15, 0.2) is 71.7 Å². The molecule has 33 heavy (non-hydrogen) atoms. The smallest absolute Gasteiger partial charge is 0.146 e. The number of allylic oxidation sites excluding steroid dienone is 1. The Hall–Kier alpha value is -3.04. The Balaban J connectivity index is 1.57. The predicted octanol–water partition coefficient (Wildman–Crippen LogP) is 8.60. The lowest BCUT2D eigenvalue weighted by molar-refractivity contribution is 0.483. The van der Waals surface area contributed by atoms with E-state index in [1.807, 2.05) is 54.7 Å². The molecule has 3 aromatic carbocycles. The van der Waals surface area contributed by atoms with Crippen LogP contribution < -0.4 is 9.64 Å². The van der Waals surface area contributed by atoms with E-state index in [-0.39, 0.29) is 5.54 Å². The van der Waals surface area contributed by atoms with Crippen LogP contribution in [0.5, 0.6) is 11.5 Å². The van der Waals surface area contributed by atoms with Crippen LogP contribution in [0.4, 0.5) is 11.4 Å². The maximum Gasteiger partial charge on any atom is 0.146 e. The van der Waals surface area contributed by atoms with Gasteiger partial charge in [0, 0.05) is 24.0 Å². The second-order valence-electron chi connectivity index (χ2n) is 9.14. The predicted molar refractivity (Wildman–Crippen MR) is 142 cm³/mol. The number of aryl methyl sites for hydroxylation is 1. The van der Waals surface area contributed by atoms with Gasteiger partial charge in [0.15, 0.2) is 0 Å². The average Bonchev–Trinajstić information content (AvgIpc) is 2.78. The summed E-state index contributed by atoms with van der Waals surface area (Å²) in [4.78, 5) is 7.24. The minimum Gasteiger partial charge on any atom is -0.456 e. The molecule has 0 bridgehead atoms. The van der Waals surface area contributed by atoms with Gasteiger partial charge in [0.2, 0.25) is 0 Å². The summed E-state index contributed by atoms with van der Waals surface area (Å²) < 4.78 is 5.87. The van der Waals surface area contributed by atoms with Crippen molar-refractivity contribution in [3.8, 4) is 11.5 Å². The van der Waals surface area contributed by atoms with Crippen LogP contribution in [0.1, 0.15) is 50.8 Å². The van der Waals surface area contributed by atoms with Gasteiger partial charge in [0.05, 0.1) is 16.2 Å². The van der Waals surface area contributed by atoms with Crippen molar-refractivity contribution in [1.29, 1.82) is 0 Å². The summed E-state index contributed by atoms with van der Waals surface area (Å²) >= 11 is 6.19. The Labute approximate surface area is 202 Å². The van der Waals surface area contributed by atoms with E-state index in [1.54, 1.807) is 0 Å². The zero-order valence-electron chi connectivity index (χ0n) is 20.0. The first-order chi connectivity index (χ1) is 15.8. The topological polar surface area (TPSA) is 24.8 Å². The summed E-state index contributed by atoms with van der Waals surface area (Å²) in [6.45, 7) is 12.2. The number of anilines is 1. The van der Waals surface area contributed by atoms with Crippen molar-refractivity contribution in [2.24, 2.45) is 4.99 Å². The van der Waals surface area contributed by atoms with Gasteiger partial charge in [-0.25, -0.2) is 0 Å². The first-order valence-corrected chi connectivity index (χ1v) is 11.8. The molecular weight excluding hydrogens is 428 g/mol. The zero-order valence-corrected chi connectivity index (χ0v) is 20.8. The molecule has 170 valence electrons. The lowest BCUT2D eigenvalue weighted by Gasteiger charge is -2.43. The molecule has 0 amide bonds. The first kappa shape index (κ1) is 23.1. The number of para-hydroxylation sites is 1. The van der Waals surface area contributed by atoms with Crippen molar-refractivity contribution >= 4 is 34.8 Å². The molecule has 4 rings (SSSR count). The normalized spacial score (nSPS) is 14.8. The number of hydrogen-bond acceptors (Lipinski definition) is 3. The number of fused-ring (bicyclic) bond motifs is 1. The molecule has 1 aliphatic rings. The number of benzene rings is 3. The molecule has 0 N–H and O–H groups in total. The van der Waals surface area contributed by atoms with Crippen LogP contribution in [-0.2, 0) is 0 Å². The van der Waals surface area contributed by atoms with Crippen molar-refractivity contribution < 1.29 is 4.74 Å². The second-order valence-corrected chi connectivity index (χ2v) is 9.55. The van der Waals surface area contributed by atoms with Gasteiger partial charge in [-0.15, -0.1) is 0 Å². The highest BCUT2D eigenvalue weighted by Crippen LogP contribution is 2.40. The van der Waals surface area contributed by atoms with Crippen LogP contribution in [0.25, 0.3) is 5.57 Å². The van der Waals surface area contributed by atoms with Gasteiger partial charge in [0.1, 0.15) is 11.5 Å². The zero-order chi connectivity index (χ0) is 23.6. The molecule has 3 nitrogen and oxygen atoms in total. The highest BCUT2D eigenvalue weighted by molar-refractivity contribution is 6.32. The van der Waals surface area contributed by atoms with Crippen LogP contribution in [0.2, 0.25) is 5.02 Å². The molecule has 0 aromatic heterocycles. The molecule has 3 aromatic rings. The van der Waals surface area contributed by atoms with Gasteiger partial charge >= 0.3 is 0 Å². The molecule has 0 radical (unpaired) electrons. The highest BCUT2D eigenvalue weighted by atomic mass is 35.5. The quantitative estimate of drug-likeness (QED) is 0.345. The SMILES string of the molecule is CCCN1c2cc(C)c(C=Nc3ccc(Oc4ccccc4Cl)cc3)cc2C(C)=CC1(C)C. The number of aliphatic imine (C=N–C) groups is 1. The van der Waals surface area contributed by atoms with Crippen molar-refractivity contribution in [3.05, 3.63) is 88.5 Å². The molecule has 1 heterocycles. The maximum atomic E-state index is 6.19. The highest BCUT2D eigenvalue weighted by Gasteiger charge is 2.31. The summed E-state index contributed by atoms with van der Waals surface area (Å²) in [5.74, 6) is 1.37. The lowest BCUT2D eigenvalue weighted by Crippen LogP contribution is -2.45. The third kappa shape index (κ3) is 4.99. The number of halogens is 1. The summed E-state index contributed by atoms with van der Waals surface area (Å²) in [5.41, 5.74) is 7.17. The van der Waals surface area contributed by atoms with Crippen LogP contribution in [0, 0.1) is 6.92 Å². The van der Waals surface area contributed by atoms with Gasteiger partial charge in [0.25, 0.3) is 0 Å². The maximum absolute atomic E-state index is 6.19. The van der Waals surface area contributed by atoms with Crippen molar-refractivity contribution in [3.63, 3.8) is 0 Å². The molecule has 0 spiro atoms. The number of hydrogen-bond donors (Lipinski definition) is 0. The Kier molecular flexibility index (Phi) is 6.62. The third-order valence-corrected chi connectivity index (χ3v) is 6.38. The van der Waals surface area contributed by atoms with E-state index in [9.17, 15) is 0 Å². The van der Waals surface area contributed by atoms with Gasteiger partial charge in [-0.2, -0.15) is 0 Å². The molecule has 0 aliphatic carbocycles. The molecule has 0 atom stereocenters. The van der Waals surface area contributed by atoms with E-state index in [0.717, 1.165) is 30.0 Å². The number of rotatable bonds is 6. The summed E-state index contributed by atoms with van der Waals surface area (Å²) in [7, 11) is 0.